The molecule has 2 rings (SSSR count). The largest absolute Gasteiger partial charge is 0.319 e. The number of halogens is 2. The molecule has 1 aromatic carbocycles. The molecule has 98 valence electrons. The molecule has 0 saturated heterocycles. The van der Waals surface area contributed by atoms with Crippen molar-refractivity contribution < 1.29 is 13.6 Å². The molecule has 6 heteroatoms. The Bertz CT molecular complexity index is 695. The van der Waals surface area contributed by atoms with E-state index < -0.39 is 17.5 Å². The molecule has 0 bridgehead atoms. The van der Waals surface area contributed by atoms with Crippen molar-refractivity contribution in [3.05, 3.63) is 64.1 Å². The summed E-state index contributed by atoms with van der Waals surface area (Å²) in [6, 6.07) is 5.38. The Morgan fingerprint density at radius 3 is 2.58 bits per heavy atom. The van der Waals surface area contributed by atoms with Crippen LogP contribution in [0.25, 0.3) is 0 Å². The molecule has 0 spiro atoms. The lowest BCUT2D eigenvalue weighted by Crippen LogP contribution is -2.20. The summed E-state index contributed by atoms with van der Waals surface area (Å²) in [5.74, 6) is -2.25. The number of rotatable bonds is 2. The highest BCUT2D eigenvalue weighted by molar-refractivity contribution is 6.04. The van der Waals surface area contributed by atoms with Crippen molar-refractivity contribution in [2.75, 3.05) is 5.32 Å². The van der Waals surface area contributed by atoms with Gasteiger partial charge in [0.2, 0.25) is 0 Å². The van der Waals surface area contributed by atoms with Crippen LogP contribution in [0.3, 0.4) is 0 Å². The van der Waals surface area contributed by atoms with Crippen molar-refractivity contribution in [3.63, 3.8) is 0 Å². The zero-order valence-corrected chi connectivity index (χ0v) is 9.98. The molecule has 0 saturated carbocycles. The minimum absolute atomic E-state index is 0.104. The highest BCUT2D eigenvalue weighted by Gasteiger charge is 2.10. The number of hydrogen-bond donors (Lipinski definition) is 1. The summed E-state index contributed by atoms with van der Waals surface area (Å²) in [5, 5.41) is 2.27. The fourth-order valence-electron chi connectivity index (χ4n) is 1.48. The number of benzene rings is 1. The van der Waals surface area contributed by atoms with Gasteiger partial charge >= 0.3 is 0 Å². The summed E-state index contributed by atoms with van der Waals surface area (Å²) in [4.78, 5) is 23.2. The highest BCUT2D eigenvalue weighted by Crippen LogP contribution is 2.15. The van der Waals surface area contributed by atoms with Crippen molar-refractivity contribution in [1.29, 1.82) is 0 Å². The molecule has 1 N–H and O–H groups in total. The number of pyridine rings is 1. The van der Waals surface area contributed by atoms with E-state index in [2.05, 4.69) is 5.32 Å². The van der Waals surface area contributed by atoms with Crippen LogP contribution in [0.2, 0.25) is 0 Å². The molecule has 0 aliphatic heterocycles. The molecule has 4 nitrogen and oxygen atoms in total. The van der Waals surface area contributed by atoms with E-state index >= 15 is 0 Å². The summed E-state index contributed by atoms with van der Waals surface area (Å²) >= 11 is 0. The Morgan fingerprint density at radius 1 is 1.21 bits per heavy atom. The lowest BCUT2D eigenvalue weighted by Gasteiger charge is -2.06. The van der Waals surface area contributed by atoms with E-state index in [4.69, 9.17) is 0 Å². The Morgan fingerprint density at radius 2 is 1.95 bits per heavy atom. The van der Waals surface area contributed by atoms with Crippen LogP contribution in [0.15, 0.2) is 41.3 Å². The Hall–Kier alpha value is -2.50. The highest BCUT2D eigenvalue weighted by atomic mass is 19.1. The van der Waals surface area contributed by atoms with Crippen molar-refractivity contribution in [1.82, 2.24) is 4.57 Å². The van der Waals surface area contributed by atoms with E-state index in [9.17, 15) is 18.4 Å². The molecule has 19 heavy (non-hydrogen) atoms. The molecule has 0 radical (unpaired) electrons. The molecule has 0 atom stereocenters. The van der Waals surface area contributed by atoms with E-state index in [-0.39, 0.29) is 16.8 Å². The van der Waals surface area contributed by atoms with Gasteiger partial charge in [-0.15, -0.1) is 0 Å². The Balaban J connectivity index is 2.25. The molecule has 2 aromatic rings. The van der Waals surface area contributed by atoms with E-state index in [1.165, 1.54) is 16.8 Å². The van der Waals surface area contributed by atoms with Gasteiger partial charge in [0, 0.05) is 30.9 Å². The van der Waals surface area contributed by atoms with Crippen LogP contribution in [0, 0.1) is 11.6 Å². The summed E-state index contributed by atoms with van der Waals surface area (Å²) < 4.78 is 27.4. The number of carbonyl (C=O) groups is 1. The summed E-state index contributed by atoms with van der Waals surface area (Å²) in [6.45, 7) is 0. The van der Waals surface area contributed by atoms with E-state index in [1.807, 2.05) is 0 Å². The first-order valence-electron chi connectivity index (χ1n) is 5.40. The first kappa shape index (κ1) is 12.9. The second kappa shape index (κ2) is 5.01. The molecule has 0 aliphatic carbocycles. The average molecular weight is 264 g/mol. The van der Waals surface area contributed by atoms with E-state index in [1.54, 1.807) is 7.05 Å². The number of nitrogens with one attached hydrogen (secondary N) is 1. The van der Waals surface area contributed by atoms with Crippen LogP contribution in [0.5, 0.6) is 0 Å². The fourth-order valence-corrected chi connectivity index (χ4v) is 1.48. The predicted octanol–water partition coefficient (Wildman–Crippen LogP) is 1.92. The maximum absolute atomic E-state index is 13.3. The SMILES string of the molecule is Cn1ccc(C(=O)Nc2ccc(F)cc2F)cc1=O. The number of carbonyl (C=O) groups excluding carboxylic acids is 1. The lowest BCUT2D eigenvalue weighted by atomic mass is 10.2. The van der Waals surface area contributed by atoms with Gasteiger partial charge < -0.3 is 9.88 Å². The van der Waals surface area contributed by atoms with Crippen LogP contribution < -0.4 is 10.9 Å². The average Bonchev–Trinajstić information content (AvgIpc) is 2.36. The second-order valence-corrected chi connectivity index (χ2v) is 3.94. The molecule has 0 aliphatic rings. The van der Waals surface area contributed by atoms with Gasteiger partial charge in [0.1, 0.15) is 11.6 Å². The van der Waals surface area contributed by atoms with Crippen LogP contribution >= 0.6 is 0 Å². The summed E-state index contributed by atoms with van der Waals surface area (Å²) in [6.07, 6.45) is 1.43. The minimum Gasteiger partial charge on any atom is -0.319 e. The predicted molar refractivity (Wildman–Crippen MR) is 66.0 cm³/mol. The van der Waals surface area contributed by atoms with Crippen LogP contribution in [0.1, 0.15) is 10.4 Å². The van der Waals surface area contributed by atoms with Crippen molar-refractivity contribution in [3.8, 4) is 0 Å². The van der Waals surface area contributed by atoms with Gasteiger partial charge in [-0.05, 0) is 18.2 Å². The van der Waals surface area contributed by atoms with Crippen LogP contribution in [-0.2, 0) is 7.05 Å². The quantitative estimate of drug-likeness (QED) is 0.900. The zero-order valence-electron chi connectivity index (χ0n) is 9.98. The number of nitrogens with zero attached hydrogens (tertiary/aromatic N) is 1. The minimum atomic E-state index is -0.878. The Labute approximate surface area is 107 Å². The smallest absolute Gasteiger partial charge is 0.255 e. The molecular formula is C13H10F2N2O2. The second-order valence-electron chi connectivity index (χ2n) is 3.94. The number of amides is 1. The van der Waals surface area contributed by atoms with Crippen molar-refractivity contribution in [2.24, 2.45) is 7.05 Å². The van der Waals surface area contributed by atoms with Crippen LogP contribution in [-0.4, -0.2) is 10.5 Å². The van der Waals surface area contributed by atoms with Gasteiger partial charge in [-0.1, -0.05) is 0 Å². The van der Waals surface area contributed by atoms with E-state index in [0.717, 1.165) is 18.2 Å². The molecule has 1 aromatic heterocycles. The zero-order chi connectivity index (χ0) is 14.0. The summed E-state index contributed by atoms with van der Waals surface area (Å²) in [5.41, 5.74) is -0.397. The first-order valence-corrected chi connectivity index (χ1v) is 5.40. The van der Waals surface area contributed by atoms with Crippen LogP contribution in [0.4, 0.5) is 14.5 Å². The van der Waals surface area contributed by atoms with E-state index in [0.29, 0.717) is 6.07 Å². The lowest BCUT2D eigenvalue weighted by molar-refractivity contribution is 0.102. The number of aryl methyl sites for hydroxylation is 1. The monoisotopic (exact) mass is 264 g/mol. The molecular weight excluding hydrogens is 254 g/mol. The molecule has 1 heterocycles. The Kier molecular flexibility index (Phi) is 3.41. The van der Waals surface area contributed by atoms with Crippen molar-refractivity contribution in [2.45, 2.75) is 0 Å². The third-order valence-electron chi connectivity index (χ3n) is 2.55. The third kappa shape index (κ3) is 2.85. The number of anilines is 1. The van der Waals surface area contributed by atoms with Crippen molar-refractivity contribution >= 4 is 11.6 Å². The topological polar surface area (TPSA) is 51.1 Å². The van der Waals surface area contributed by atoms with Gasteiger partial charge in [-0.3, -0.25) is 9.59 Å². The number of hydrogen-bond acceptors (Lipinski definition) is 2. The third-order valence-corrected chi connectivity index (χ3v) is 2.55. The molecule has 0 fully saturated rings. The standard InChI is InChI=1S/C13H10F2N2O2/c1-17-5-4-8(6-12(17)18)13(19)16-11-3-2-9(14)7-10(11)15/h2-7H,1H3,(H,16,19). The first-order chi connectivity index (χ1) is 8.97. The number of aromatic nitrogens is 1. The maximum Gasteiger partial charge on any atom is 0.255 e. The molecule has 0 unspecified atom stereocenters. The normalized spacial score (nSPS) is 10.3. The van der Waals surface area contributed by atoms with Gasteiger partial charge in [-0.25, -0.2) is 8.78 Å². The van der Waals surface area contributed by atoms with Gasteiger partial charge in [-0.2, -0.15) is 0 Å². The summed E-state index contributed by atoms with van der Waals surface area (Å²) in [7, 11) is 1.55. The van der Waals surface area contributed by atoms with Gasteiger partial charge in [0.05, 0.1) is 5.69 Å². The van der Waals surface area contributed by atoms with Gasteiger partial charge in [0.25, 0.3) is 11.5 Å². The maximum atomic E-state index is 13.3. The van der Waals surface area contributed by atoms with Gasteiger partial charge in [0.15, 0.2) is 0 Å². The molecule has 1 amide bonds. The fraction of sp³-hybridized carbons (Fsp3) is 0.0769.